The quantitative estimate of drug-likeness (QED) is 0.523. The summed E-state index contributed by atoms with van der Waals surface area (Å²) in [5.41, 5.74) is 0.666. The number of rotatable bonds is 4. The summed E-state index contributed by atoms with van der Waals surface area (Å²) in [6.07, 6.45) is 0. The second-order valence-electron chi connectivity index (χ2n) is 6.50. The third-order valence-electron chi connectivity index (χ3n) is 4.93. The number of benzene rings is 1. The van der Waals surface area contributed by atoms with Crippen molar-refractivity contribution in [2.24, 2.45) is 10.8 Å². The zero-order chi connectivity index (χ0) is 16.0. The van der Waals surface area contributed by atoms with Crippen molar-refractivity contribution in [2.45, 2.75) is 33.7 Å². The molecule has 0 atom stereocenters. The van der Waals surface area contributed by atoms with Crippen molar-refractivity contribution in [1.82, 2.24) is 0 Å². The molecule has 0 bridgehead atoms. The van der Waals surface area contributed by atoms with E-state index in [1.54, 1.807) is 0 Å². The van der Waals surface area contributed by atoms with Crippen LogP contribution in [0.1, 0.15) is 38.1 Å². The third-order valence-corrected chi connectivity index (χ3v) is 4.93. The highest BCUT2D eigenvalue weighted by Crippen LogP contribution is 2.64. The number of nitro groups is 1. The predicted molar refractivity (Wildman–Crippen MR) is 79.4 cm³/mol. The minimum atomic E-state index is -0.512. The molecule has 1 N–H and O–H groups in total. The van der Waals surface area contributed by atoms with Crippen LogP contribution in [0, 0.1) is 20.9 Å². The lowest BCUT2D eigenvalue weighted by Crippen LogP contribution is -2.12. The number of anilines is 1. The number of nitrogens with zero attached hydrogens (tertiary/aromatic N) is 1. The highest BCUT2D eigenvalue weighted by atomic mass is 16.6. The summed E-state index contributed by atoms with van der Waals surface area (Å²) in [4.78, 5) is 22.3. The van der Waals surface area contributed by atoms with Crippen LogP contribution in [-0.2, 0) is 4.74 Å². The number of carbonyl (C=O) groups excluding carboxylic acids is 1. The molecule has 0 unspecified atom stereocenters. The molecule has 0 aliphatic heterocycles. The van der Waals surface area contributed by atoms with Crippen LogP contribution in [0.25, 0.3) is 0 Å². The molecule has 1 aromatic carbocycles. The van der Waals surface area contributed by atoms with Gasteiger partial charge in [-0.1, -0.05) is 27.7 Å². The molecule has 0 spiro atoms. The number of carbonyl (C=O) groups is 1. The van der Waals surface area contributed by atoms with Gasteiger partial charge in [-0.25, -0.2) is 4.79 Å². The molecule has 1 aliphatic rings. The first-order chi connectivity index (χ1) is 9.62. The Labute approximate surface area is 123 Å². The lowest BCUT2D eigenvalue weighted by Gasteiger charge is -2.10. The number of nitrogens with one attached hydrogen (secondary N) is 1. The standard InChI is InChI=1S/C15H20N2O4/c1-14(2)13(15(14,3)4)16-10-8-9(12(18)21-5)6-7-11(10)17(19)20/h6-8,13,16H,1-5H3. The third kappa shape index (κ3) is 2.34. The van der Waals surface area contributed by atoms with Crippen LogP contribution in [-0.4, -0.2) is 24.0 Å². The van der Waals surface area contributed by atoms with Crippen LogP contribution < -0.4 is 5.32 Å². The maximum absolute atomic E-state index is 11.6. The van der Waals surface area contributed by atoms with Gasteiger partial charge in [0.15, 0.2) is 0 Å². The van der Waals surface area contributed by atoms with Crippen molar-refractivity contribution in [1.29, 1.82) is 0 Å². The largest absolute Gasteiger partial charge is 0.465 e. The first kappa shape index (κ1) is 15.3. The van der Waals surface area contributed by atoms with E-state index in [1.807, 2.05) is 0 Å². The second kappa shape index (κ2) is 4.72. The van der Waals surface area contributed by atoms with Crippen LogP contribution in [0.15, 0.2) is 18.2 Å². The normalized spacial score (nSPS) is 18.9. The molecule has 114 valence electrons. The lowest BCUT2D eigenvalue weighted by atomic mass is 10.0. The Morgan fingerprint density at radius 1 is 1.29 bits per heavy atom. The van der Waals surface area contributed by atoms with E-state index in [-0.39, 0.29) is 22.6 Å². The van der Waals surface area contributed by atoms with E-state index in [4.69, 9.17) is 0 Å². The Hall–Kier alpha value is -2.11. The zero-order valence-corrected chi connectivity index (χ0v) is 12.9. The lowest BCUT2D eigenvalue weighted by molar-refractivity contribution is -0.384. The Morgan fingerprint density at radius 3 is 2.29 bits per heavy atom. The van der Waals surface area contributed by atoms with Crippen molar-refractivity contribution in [3.63, 3.8) is 0 Å². The van der Waals surface area contributed by atoms with Gasteiger partial charge in [-0.05, 0) is 23.0 Å². The van der Waals surface area contributed by atoms with E-state index in [0.717, 1.165) is 0 Å². The van der Waals surface area contributed by atoms with Crippen molar-refractivity contribution in [3.8, 4) is 0 Å². The van der Waals surface area contributed by atoms with E-state index >= 15 is 0 Å². The van der Waals surface area contributed by atoms with E-state index < -0.39 is 10.9 Å². The van der Waals surface area contributed by atoms with Crippen LogP contribution in [0.2, 0.25) is 0 Å². The van der Waals surface area contributed by atoms with Gasteiger partial charge in [0, 0.05) is 12.1 Å². The smallest absolute Gasteiger partial charge is 0.337 e. The monoisotopic (exact) mass is 292 g/mol. The maximum Gasteiger partial charge on any atom is 0.337 e. The fourth-order valence-electron chi connectivity index (χ4n) is 2.77. The predicted octanol–water partition coefficient (Wildman–Crippen LogP) is 3.23. The number of hydrogen-bond donors (Lipinski definition) is 1. The van der Waals surface area contributed by atoms with E-state index in [9.17, 15) is 14.9 Å². The number of ether oxygens (including phenoxy) is 1. The highest BCUT2D eigenvalue weighted by Gasteiger charge is 2.65. The Bertz CT molecular complexity index is 594. The van der Waals surface area contributed by atoms with Gasteiger partial charge in [0.25, 0.3) is 5.69 Å². The average molecular weight is 292 g/mol. The molecule has 1 saturated carbocycles. The highest BCUT2D eigenvalue weighted by molar-refractivity contribution is 5.91. The average Bonchev–Trinajstić information content (AvgIpc) is 2.79. The summed E-state index contributed by atoms with van der Waals surface area (Å²) >= 11 is 0. The summed E-state index contributed by atoms with van der Waals surface area (Å²) in [5, 5.41) is 14.4. The molecule has 1 aliphatic carbocycles. The fraction of sp³-hybridized carbons (Fsp3) is 0.533. The van der Waals surface area contributed by atoms with E-state index in [2.05, 4.69) is 37.7 Å². The molecule has 6 heteroatoms. The molecule has 6 nitrogen and oxygen atoms in total. The second-order valence-corrected chi connectivity index (χ2v) is 6.50. The SMILES string of the molecule is COC(=O)c1ccc([N+](=O)[O-])c(NC2C(C)(C)C2(C)C)c1. The van der Waals surface area contributed by atoms with Gasteiger partial charge in [-0.2, -0.15) is 0 Å². The van der Waals surface area contributed by atoms with Gasteiger partial charge in [0.1, 0.15) is 5.69 Å². The number of methoxy groups -OCH3 is 1. The summed E-state index contributed by atoms with van der Waals surface area (Å²) < 4.78 is 4.66. The molecular formula is C15H20N2O4. The number of esters is 1. The summed E-state index contributed by atoms with van der Waals surface area (Å²) in [5.74, 6) is -0.512. The molecule has 0 heterocycles. The first-order valence-electron chi connectivity index (χ1n) is 6.76. The molecule has 1 aromatic rings. The Balaban J connectivity index is 2.37. The number of hydrogen-bond acceptors (Lipinski definition) is 5. The Kier molecular flexibility index (Phi) is 3.43. The van der Waals surface area contributed by atoms with E-state index in [0.29, 0.717) is 11.3 Å². The van der Waals surface area contributed by atoms with Crippen LogP contribution >= 0.6 is 0 Å². The van der Waals surface area contributed by atoms with Crippen LogP contribution in [0.3, 0.4) is 0 Å². The molecule has 0 radical (unpaired) electrons. The van der Waals surface area contributed by atoms with Crippen LogP contribution in [0.5, 0.6) is 0 Å². The van der Waals surface area contributed by atoms with Crippen LogP contribution in [0.4, 0.5) is 11.4 Å². The van der Waals surface area contributed by atoms with Gasteiger partial charge in [-0.3, -0.25) is 10.1 Å². The van der Waals surface area contributed by atoms with Gasteiger partial charge in [0.2, 0.25) is 0 Å². The minimum absolute atomic E-state index is 0.0299. The van der Waals surface area contributed by atoms with E-state index in [1.165, 1.54) is 25.3 Å². The molecular weight excluding hydrogens is 272 g/mol. The van der Waals surface area contributed by atoms with Gasteiger partial charge < -0.3 is 10.1 Å². The molecule has 2 rings (SSSR count). The van der Waals surface area contributed by atoms with Crippen molar-refractivity contribution < 1.29 is 14.5 Å². The van der Waals surface area contributed by atoms with Crippen molar-refractivity contribution in [2.75, 3.05) is 12.4 Å². The summed E-state index contributed by atoms with van der Waals surface area (Å²) in [7, 11) is 1.28. The number of nitro benzene ring substituents is 1. The topological polar surface area (TPSA) is 81.5 Å². The molecule has 21 heavy (non-hydrogen) atoms. The van der Waals surface area contributed by atoms with Gasteiger partial charge in [-0.15, -0.1) is 0 Å². The van der Waals surface area contributed by atoms with Crippen molar-refractivity contribution >= 4 is 17.3 Å². The minimum Gasteiger partial charge on any atom is -0.465 e. The van der Waals surface area contributed by atoms with Gasteiger partial charge >= 0.3 is 5.97 Å². The molecule has 0 aromatic heterocycles. The molecule has 0 saturated heterocycles. The maximum atomic E-state index is 11.6. The fourth-order valence-corrected chi connectivity index (χ4v) is 2.77. The molecule has 1 fully saturated rings. The Morgan fingerprint density at radius 2 is 1.86 bits per heavy atom. The zero-order valence-electron chi connectivity index (χ0n) is 12.9. The van der Waals surface area contributed by atoms with Crippen molar-refractivity contribution in [3.05, 3.63) is 33.9 Å². The first-order valence-corrected chi connectivity index (χ1v) is 6.76. The molecule has 0 amide bonds. The summed E-state index contributed by atoms with van der Waals surface area (Å²) in [6, 6.07) is 4.32. The summed E-state index contributed by atoms with van der Waals surface area (Å²) in [6.45, 7) is 8.45. The van der Waals surface area contributed by atoms with Gasteiger partial charge in [0.05, 0.1) is 17.6 Å².